The Morgan fingerprint density at radius 3 is 2.82 bits per heavy atom. The lowest BCUT2D eigenvalue weighted by atomic mass is 10.2. The quantitative estimate of drug-likeness (QED) is 0.804. The molecular formula is C13H13FN2O. The van der Waals surface area contributed by atoms with Crippen LogP contribution in [0.4, 0.5) is 10.1 Å². The van der Waals surface area contributed by atoms with Crippen molar-refractivity contribution in [3.63, 3.8) is 0 Å². The van der Waals surface area contributed by atoms with Crippen LogP contribution in [0.15, 0.2) is 41.3 Å². The first-order valence-electron chi connectivity index (χ1n) is 5.28. The van der Waals surface area contributed by atoms with E-state index in [0.29, 0.717) is 11.1 Å². The summed E-state index contributed by atoms with van der Waals surface area (Å²) >= 11 is 0. The lowest BCUT2D eigenvalue weighted by Crippen LogP contribution is -2.22. The highest BCUT2D eigenvalue weighted by Crippen LogP contribution is 2.15. The van der Waals surface area contributed by atoms with Crippen molar-refractivity contribution in [2.75, 3.05) is 5.73 Å². The molecule has 2 aromatic rings. The summed E-state index contributed by atoms with van der Waals surface area (Å²) in [7, 11) is 0. The van der Waals surface area contributed by atoms with Gasteiger partial charge in [0.2, 0.25) is 0 Å². The van der Waals surface area contributed by atoms with Crippen molar-refractivity contribution in [2.45, 2.75) is 13.5 Å². The van der Waals surface area contributed by atoms with E-state index in [1.807, 2.05) is 0 Å². The van der Waals surface area contributed by atoms with Gasteiger partial charge in [-0.2, -0.15) is 0 Å². The number of halogens is 1. The number of nitrogens with zero attached hydrogens (tertiary/aromatic N) is 1. The number of hydrogen-bond donors (Lipinski definition) is 1. The van der Waals surface area contributed by atoms with Gasteiger partial charge in [0, 0.05) is 17.3 Å². The Bertz CT molecular complexity index is 605. The molecule has 1 aromatic heterocycles. The van der Waals surface area contributed by atoms with E-state index < -0.39 is 5.82 Å². The third kappa shape index (κ3) is 2.20. The summed E-state index contributed by atoms with van der Waals surface area (Å²) in [4.78, 5) is 11.8. The van der Waals surface area contributed by atoms with E-state index in [2.05, 4.69) is 0 Å². The van der Waals surface area contributed by atoms with Gasteiger partial charge in [0.25, 0.3) is 5.56 Å². The van der Waals surface area contributed by atoms with Gasteiger partial charge >= 0.3 is 0 Å². The van der Waals surface area contributed by atoms with Crippen molar-refractivity contribution < 1.29 is 4.39 Å². The number of anilines is 1. The summed E-state index contributed by atoms with van der Waals surface area (Å²) in [5.41, 5.74) is 6.51. The smallest absolute Gasteiger partial charge is 0.253 e. The van der Waals surface area contributed by atoms with Crippen molar-refractivity contribution in [1.29, 1.82) is 0 Å². The Labute approximate surface area is 98.3 Å². The van der Waals surface area contributed by atoms with Gasteiger partial charge in [-0.25, -0.2) is 4.39 Å². The van der Waals surface area contributed by atoms with Gasteiger partial charge in [0.1, 0.15) is 0 Å². The van der Waals surface area contributed by atoms with Crippen LogP contribution in [0.25, 0.3) is 0 Å². The van der Waals surface area contributed by atoms with E-state index >= 15 is 0 Å². The van der Waals surface area contributed by atoms with E-state index in [1.165, 1.54) is 10.6 Å². The Hall–Kier alpha value is -2.10. The zero-order chi connectivity index (χ0) is 12.4. The van der Waals surface area contributed by atoms with Gasteiger partial charge in [0.05, 0.1) is 12.2 Å². The molecule has 88 valence electrons. The average Bonchev–Trinajstić information content (AvgIpc) is 2.31. The van der Waals surface area contributed by atoms with E-state index in [0.717, 1.165) is 0 Å². The largest absolute Gasteiger partial charge is 0.396 e. The van der Waals surface area contributed by atoms with Crippen LogP contribution in [-0.2, 0) is 6.54 Å². The first-order chi connectivity index (χ1) is 8.09. The standard InChI is InChI=1S/C13H13FN2O/c1-9-4-3-7-16(13(9)17)8-10-5-2-6-11(15)12(10)14/h2-7H,8,15H2,1H3. The molecule has 0 spiro atoms. The summed E-state index contributed by atoms with van der Waals surface area (Å²) in [6, 6.07) is 8.29. The molecule has 0 saturated carbocycles. The number of benzene rings is 1. The van der Waals surface area contributed by atoms with Gasteiger partial charge in [-0.3, -0.25) is 4.79 Å². The lowest BCUT2D eigenvalue weighted by Gasteiger charge is -2.08. The normalized spacial score (nSPS) is 10.5. The van der Waals surface area contributed by atoms with Gasteiger partial charge in [-0.05, 0) is 19.1 Å². The first-order valence-corrected chi connectivity index (χ1v) is 5.28. The molecule has 0 bridgehead atoms. The SMILES string of the molecule is Cc1cccn(Cc2cccc(N)c2F)c1=O. The zero-order valence-corrected chi connectivity index (χ0v) is 9.48. The summed E-state index contributed by atoms with van der Waals surface area (Å²) < 4.78 is 15.1. The Morgan fingerprint density at radius 1 is 1.29 bits per heavy atom. The molecule has 0 unspecified atom stereocenters. The number of nitrogen functional groups attached to an aromatic ring is 1. The van der Waals surface area contributed by atoms with Crippen molar-refractivity contribution >= 4 is 5.69 Å². The second kappa shape index (κ2) is 4.41. The van der Waals surface area contributed by atoms with Gasteiger partial charge in [0.15, 0.2) is 5.82 Å². The first kappa shape index (κ1) is 11.4. The summed E-state index contributed by atoms with van der Waals surface area (Å²) in [5, 5.41) is 0. The minimum atomic E-state index is -0.457. The van der Waals surface area contributed by atoms with Crippen molar-refractivity contribution in [1.82, 2.24) is 4.57 Å². The van der Waals surface area contributed by atoms with Gasteiger partial charge in [-0.15, -0.1) is 0 Å². The Morgan fingerprint density at radius 2 is 2.06 bits per heavy atom. The van der Waals surface area contributed by atoms with E-state index in [4.69, 9.17) is 5.73 Å². The molecule has 1 aromatic carbocycles. The minimum absolute atomic E-state index is 0.100. The molecule has 2 N–H and O–H groups in total. The van der Waals surface area contributed by atoms with Gasteiger partial charge < -0.3 is 10.3 Å². The van der Waals surface area contributed by atoms with Crippen LogP contribution in [0.3, 0.4) is 0 Å². The third-order valence-electron chi connectivity index (χ3n) is 2.66. The lowest BCUT2D eigenvalue weighted by molar-refractivity contribution is 0.600. The average molecular weight is 232 g/mol. The second-order valence-electron chi connectivity index (χ2n) is 3.94. The molecule has 0 radical (unpaired) electrons. The number of hydrogen-bond acceptors (Lipinski definition) is 2. The highest BCUT2D eigenvalue weighted by molar-refractivity contribution is 5.42. The maximum Gasteiger partial charge on any atom is 0.253 e. The molecule has 2 rings (SSSR count). The maximum atomic E-state index is 13.7. The Kier molecular flexibility index (Phi) is 2.95. The molecule has 3 nitrogen and oxygen atoms in total. The number of rotatable bonds is 2. The van der Waals surface area contributed by atoms with Crippen molar-refractivity contribution in [2.24, 2.45) is 0 Å². The third-order valence-corrected chi connectivity index (χ3v) is 2.66. The monoisotopic (exact) mass is 232 g/mol. The molecule has 0 atom stereocenters. The van der Waals surface area contributed by atoms with Crippen molar-refractivity contribution in [3.8, 4) is 0 Å². The van der Waals surface area contributed by atoms with Crippen LogP contribution in [0.1, 0.15) is 11.1 Å². The minimum Gasteiger partial charge on any atom is -0.396 e. The fourth-order valence-corrected chi connectivity index (χ4v) is 1.69. The predicted octanol–water partition coefficient (Wildman–Crippen LogP) is 1.93. The Balaban J connectivity index is 2.42. The molecule has 0 fully saturated rings. The van der Waals surface area contributed by atoms with Crippen LogP contribution in [-0.4, -0.2) is 4.57 Å². The van der Waals surface area contributed by atoms with E-state index in [1.54, 1.807) is 37.4 Å². The van der Waals surface area contributed by atoms with Crippen LogP contribution < -0.4 is 11.3 Å². The molecule has 17 heavy (non-hydrogen) atoms. The summed E-state index contributed by atoms with van der Waals surface area (Å²) in [6.45, 7) is 1.92. The highest BCUT2D eigenvalue weighted by atomic mass is 19.1. The van der Waals surface area contributed by atoms with Crippen LogP contribution in [0.2, 0.25) is 0 Å². The fraction of sp³-hybridized carbons (Fsp3) is 0.154. The number of nitrogens with two attached hydrogens (primary N) is 1. The zero-order valence-electron chi connectivity index (χ0n) is 9.48. The molecule has 4 heteroatoms. The van der Waals surface area contributed by atoms with Gasteiger partial charge in [-0.1, -0.05) is 18.2 Å². The highest BCUT2D eigenvalue weighted by Gasteiger charge is 2.07. The molecule has 0 aliphatic carbocycles. The maximum absolute atomic E-state index is 13.7. The molecule has 0 aliphatic heterocycles. The van der Waals surface area contributed by atoms with Crippen LogP contribution in [0.5, 0.6) is 0 Å². The fourth-order valence-electron chi connectivity index (χ4n) is 1.69. The van der Waals surface area contributed by atoms with E-state index in [-0.39, 0.29) is 17.8 Å². The van der Waals surface area contributed by atoms with Crippen LogP contribution in [0, 0.1) is 12.7 Å². The van der Waals surface area contributed by atoms with Crippen molar-refractivity contribution in [3.05, 3.63) is 63.8 Å². The number of aryl methyl sites for hydroxylation is 1. The topological polar surface area (TPSA) is 48.0 Å². The predicted molar refractivity (Wildman–Crippen MR) is 65.4 cm³/mol. The molecule has 0 aliphatic rings. The molecule has 0 amide bonds. The van der Waals surface area contributed by atoms with Crippen LogP contribution >= 0.6 is 0 Å². The van der Waals surface area contributed by atoms with E-state index in [9.17, 15) is 9.18 Å². The summed E-state index contributed by atoms with van der Waals surface area (Å²) in [5.74, 6) is -0.457. The molecular weight excluding hydrogens is 219 g/mol. The number of aromatic nitrogens is 1. The summed E-state index contributed by atoms with van der Waals surface area (Å²) in [6.07, 6.45) is 1.64. The second-order valence-corrected chi connectivity index (χ2v) is 3.94. The molecule has 0 saturated heterocycles. The number of pyridine rings is 1. The molecule has 1 heterocycles.